The maximum absolute atomic E-state index is 11.0. The van der Waals surface area contributed by atoms with Gasteiger partial charge in [0.1, 0.15) is 0 Å². The second-order valence-electron chi connectivity index (χ2n) is 5.04. The van der Waals surface area contributed by atoms with Crippen LogP contribution in [0, 0.1) is 5.41 Å². The molecule has 0 aromatic carbocycles. The number of hydrogen-bond donors (Lipinski definition) is 0. The van der Waals surface area contributed by atoms with Gasteiger partial charge in [-0.3, -0.25) is 4.79 Å². The molecule has 94 valence electrons. The molecule has 0 rings (SSSR count). The number of carbonyl (C=O) groups is 1. The van der Waals surface area contributed by atoms with E-state index >= 15 is 0 Å². The van der Waals surface area contributed by atoms with Crippen LogP contribution in [-0.4, -0.2) is 5.24 Å². The van der Waals surface area contributed by atoms with Gasteiger partial charge in [-0.05, 0) is 30.9 Å². The van der Waals surface area contributed by atoms with Crippen LogP contribution >= 0.6 is 11.6 Å². The van der Waals surface area contributed by atoms with Crippen LogP contribution in [0.1, 0.15) is 65.7 Å². The van der Waals surface area contributed by atoms with Gasteiger partial charge in [0, 0.05) is 5.41 Å². The van der Waals surface area contributed by atoms with E-state index in [1.54, 1.807) is 0 Å². The summed E-state index contributed by atoms with van der Waals surface area (Å²) in [6, 6.07) is 0. The van der Waals surface area contributed by atoms with E-state index in [-0.39, 0.29) is 5.24 Å². The first kappa shape index (κ1) is 15.7. The Morgan fingerprint density at radius 1 is 1.12 bits per heavy atom. The van der Waals surface area contributed by atoms with Crippen molar-refractivity contribution in [2.24, 2.45) is 5.41 Å². The quantitative estimate of drug-likeness (QED) is 0.314. The summed E-state index contributed by atoms with van der Waals surface area (Å²) in [5.74, 6) is 0. The van der Waals surface area contributed by atoms with Crippen LogP contribution in [0.5, 0.6) is 0 Å². The molecule has 0 aromatic rings. The first-order chi connectivity index (χ1) is 7.50. The van der Waals surface area contributed by atoms with Crippen molar-refractivity contribution in [2.45, 2.75) is 65.7 Å². The van der Waals surface area contributed by atoms with E-state index in [4.69, 9.17) is 11.6 Å². The zero-order valence-electron chi connectivity index (χ0n) is 10.9. The number of rotatable bonds is 9. The summed E-state index contributed by atoms with van der Waals surface area (Å²) < 4.78 is 0. The maximum Gasteiger partial charge on any atom is 0.227 e. The molecular weight excluding hydrogens is 220 g/mol. The Kier molecular flexibility index (Phi) is 8.64. The van der Waals surface area contributed by atoms with Crippen LogP contribution in [0.3, 0.4) is 0 Å². The summed E-state index contributed by atoms with van der Waals surface area (Å²) >= 11 is 5.49. The molecule has 0 spiro atoms. The summed E-state index contributed by atoms with van der Waals surface area (Å²) in [6.45, 7) is 5.99. The minimum Gasteiger partial charge on any atom is -0.281 e. The fourth-order valence-electron chi connectivity index (χ4n) is 1.44. The van der Waals surface area contributed by atoms with Crippen molar-refractivity contribution in [1.82, 2.24) is 0 Å². The fraction of sp³-hybridized carbons (Fsp3) is 0.786. The van der Waals surface area contributed by atoms with E-state index in [1.807, 2.05) is 13.8 Å². The molecule has 0 bridgehead atoms. The lowest BCUT2D eigenvalue weighted by molar-refractivity contribution is -0.118. The van der Waals surface area contributed by atoms with Crippen LogP contribution in [0.4, 0.5) is 0 Å². The largest absolute Gasteiger partial charge is 0.281 e. The Hall–Kier alpha value is -0.300. The smallest absolute Gasteiger partial charge is 0.227 e. The molecule has 0 N–H and O–H groups in total. The van der Waals surface area contributed by atoms with Crippen molar-refractivity contribution in [3.05, 3.63) is 12.2 Å². The molecule has 0 aromatic heterocycles. The molecule has 0 fully saturated rings. The third-order valence-corrected chi connectivity index (χ3v) is 3.31. The van der Waals surface area contributed by atoms with Crippen molar-refractivity contribution in [3.8, 4) is 0 Å². The highest BCUT2D eigenvalue weighted by atomic mass is 35.5. The molecule has 0 atom stereocenters. The number of halogens is 1. The van der Waals surface area contributed by atoms with Gasteiger partial charge in [-0.2, -0.15) is 0 Å². The standard InChI is InChI=1S/C14H25ClO/c1-4-5-6-7-8-9-10-11-12-14(2,3)13(15)16/h10-11H,4-9,12H2,1-3H3/b11-10-. The van der Waals surface area contributed by atoms with E-state index in [1.165, 1.54) is 32.1 Å². The minimum atomic E-state index is -0.416. The molecule has 16 heavy (non-hydrogen) atoms. The van der Waals surface area contributed by atoms with Crippen molar-refractivity contribution in [2.75, 3.05) is 0 Å². The highest BCUT2D eigenvalue weighted by molar-refractivity contribution is 6.64. The average Bonchev–Trinajstić information content (AvgIpc) is 2.21. The second kappa shape index (κ2) is 8.81. The van der Waals surface area contributed by atoms with Gasteiger partial charge in [0.2, 0.25) is 5.24 Å². The van der Waals surface area contributed by atoms with Crippen molar-refractivity contribution in [3.63, 3.8) is 0 Å². The Bertz CT molecular complexity index is 219. The number of hydrogen-bond acceptors (Lipinski definition) is 1. The van der Waals surface area contributed by atoms with E-state index in [9.17, 15) is 4.79 Å². The second-order valence-corrected chi connectivity index (χ2v) is 5.38. The van der Waals surface area contributed by atoms with Gasteiger partial charge in [0.05, 0.1) is 0 Å². The minimum absolute atomic E-state index is 0.250. The lowest BCUT2D eigenvalue weighted by Gasteiger charge is -2.16. The molecule has 0 heterocycles. The van der Waals surface area contributed by atoms with Crippen molar-refractivity contribution in [1.29, 1.82) is 0 Å². The third kappa shape index (κ3) is 7.92. The highest BCUT2D eigenvalue weighted by Gasteiger charge is 2.23. The number of unbranched alkanes of at least 4 members (excludes halogenated alkanes) is 5. The van der Waals surface area contributed by atoms with Crippen LogP contribution in [0.15, 0.2) is 12.2 Å². The normalized spacial score (nSPS) is 12.2. The van der Waals surface area contributed by atoms with E-state index in [0.29, 0.717) is 0 Å². The van der Waals surface area contributed by atoms with Gasteiger partial charge in [0.15, 0.2) is 0 Å². The predicted molar refractivity (Wildman–Crippen MR) is 71.8 cm³/mol. The Morgan fingerprint density at radius 2 is 1.75 bits per heavy atom. The van der Waals surface area contributed by atoms with Gasteiger partial charge in [-0.1, -0.05) is 58.6 Å². The molecule has 0 amide bonds. The predicted octanol–water partition coefficient (Wildman–Crippen LogP) is 5.08. The topological polar surface area (TPSA) is 17.1 Å². The summed E-state index contributed by atoms with van der Waals surface area (Å²) in [7, 11) is 0. The van der Waals surface area contributed by atoms with Gasteiger partial charge >= 0.3 is 0 Å². The van der Waals surface area contributed by atoms with Crippen molar-refractivity contribution >= 4 is 16.8 Å². The summed E-state index contributed by atoms with van der Waals surface area (Å²) in [5.41, 5.74) is -0.416. The lowest BCUT2D eigenvalue weighted by atomic mass is 9.91. The summed E-state index contributed by atoms with van der Waals surface area (Å²) in [6.07, 6.45) is 12.7. The Balaban J connectivity index is 3.51. The molecule has 0 aliphatic heterocycles. The van der Waals surface area contributed by atoms with E-state index < -0.39 is 5.41 Å². The van der Waals surface area contributed by atoms with Crippen LogP contribution in [0.25, 0.3) is 0 Å². The lowest BCUT2D eigenvalue weighted by Crippen LogP contribution is -2.17. The summed E-state index contributed by atoms with van der Waals surface area (Å²) in [5, 5.41) is -0.250. The van der Waals surface area contributed by atoms with Crippen LogP contribution in [0.2, 0.25) is 0 Å². The van der Waals surface area contributed by atoms with Gasteiger partial charge in [-0.15, -0.1) is 0 Å². The molecule has 0 aliphatic rings. The van der Waals surface area contributed by atoms with E-state index in [0.717, 1.165) is 12.8 Å². The van der Waals surface area contributed by atoms with Crippen molar-refractivity contribution < 1.29 is 4.79 Å². The molecule has 2 heteroatoms. The molecule has 0 radical (unpaired) electrons. The van der Waals surface area contributed by atoms with Gasteiger partial charge in [0.25, 0.3) is 0 Å². The number of allylic oxidation sites excluding steroid dienone is 2. The highest BCUT2D eigenvalue weighted by Crippen LogP contribution is 2.24. The monoisotopic (exact) mass is 244 g/mol. The molecule has 1 nitrogen and oxygen atoms in total. The molecule has 0 unspecified atom stereocenters. The third-order valence-electron chi connectivity index (χ3n) is 2.80. The SMILES string of the molecule is CCCCCCC/C=C\CC(C)(C)C(=O)Cl. The van der Waals surface area contributed by atoms with Gasteiger partial charge < -0.3 is 0 Å². The zero-order valence-corrected chi connectivity index (χ0v) is 11.6. The first-order valence-corrected chi connectivity index (χ1v) is 6.73. The average molecular weight is 245 g/mol. The van der Waals surface area contributed by atoms with E-state index in [2.05, 4.69) is 19.1 Å². The van der Waals surface area contributed by atoms with Crippen LogP contribution < -0.4 is 0 Å². The first-order valence-electron chi connectivity index (χ1n) is 6.35. The number of carbonyl (C=O) groups excluding carboxylic acids is 1. The Morgan fingerprint density at radius 3 is 2.31 bits per heavy atom. The zero-order chi connectivity index (χ0) is 12.4. The molecule has 0 saturated carbocycles. The maximum atomic E-state index is 11.0. The molecule has 0 aliphatic carbocycles. The summed E-state index contributed by atoms with van der Waals surface area (Å²) in [4.78, 5) is 11.0. The molecule has 0 saturated heterocycles. The Labute approximate surface area is 105 Å². The van der Waals surface area contributed by atoms with Gasteiger partial charge in [-0.25, -0.2) is 0 Å². The molecular formula is C14H25ClO. The fourth-order valence-corrected chi connectivity index (χ4v) is 1.52. The van der Waals surface area contributed by atoms with Crippen LogP contribution in [-0.2, 0) is 4.79 Å².